The van der Waals surface area contributed by atoms with Crippen molar-refractivity contribution in [3.05, 3.63) is 24.3 Å². The van der Waals surface area contributed by atoms with Gasteiger partial charge in [-0.1, -0.05) is 0 Å². The van der Waals surface area contributed by atoms with E-state index in [1.807, 2.05) is 0 Å². The normalized spacial score (nSPS) is 20.4. The molecule has 3 rings (SSSR count). The highest BCUT2D eigenvalue weighted by molar-refractivity contribution is 7.89. The number of benzene rings is 1. The average Bonchev–Trinajstić information content (AvgIpc) is 3.14. The second kappa shape index (κ2) is 6.83. The molecule has 136 valence electrons. The van der Waals surface area contributed by atoms with Gasteiger partial charge in [0.1, 0.15) is 0 Å². The smallest absolute Gasteiger partial charge is 0.240 e. The molecule has 1 aromatic rings. The van der Waals surface area contributed by atoms with E-state index in [4.69, 9.17) is 9.47 Å². The Bertz CT molecular complexity index is 752. The molecule has 8 nitrogen and oxygen atoms in total. The van der Waals surface area contributed by atoms with Crippen LogP contribution in [0.25, 0.3) is 0 Å². The predicted molar refractivity (Wildman–Crippen MR) is 88.3 cm³/mol. The van der Waals surface area contributed by atoms with Crippen LogP contribution < -0.4 is 9.62 Å². The molecule has 0 radical (unpaired) electrons. The molecule has 0 bridgehead atoms. The van der Waals surface area contributed by atoms with Crippen molar-refractivity contribution < 1.29 is 27.5 Å². The summed E-state index contributed by atoms with van der Waals surface area (Å²) < 4.78 is 38.0. The zero-order chi connectivity index (χ0) is 18.1. The summed E-state index contributed by atoms with van der Waals surface area (Å²) in [7, 11) is -3.70. The molecule has 0 spiro atoms. The molecule has 0 unspecified atom stereocenters. The molecule has 2 fully saturated rings. The van der Waals surface area contributed by atoms with Crippen LogP contribution in [-0.2, 0) is 29.1 Å². The van der Waals surface area contributed by atoms with Crippen LogP contribution in [0, 0.1) is 0 Å². The zero-order valence-electron chi connectivity index (χ0n) is 13.9. The molecule has 1 aromatic carbocycles. The van der Waals surface area contributed by atoms with Gasteiger partial charge in [-0.2, -0.15) is 0 Å². The van der Waals surface area contributed by atoms with E-state index in [2.05, 4.69) is 4.72 Å². The van der Waals surface area contributed by atoms with Crippen LogP contribution >= 0.6 is 0 Å². The monoisotopic (exact) mass is 368 g/mol. The number of ether oxygens (including phenoxy) is 2. The second-order valence-corrected chi connectivity index (χ2v) is 7.86. The van der Waals surface area contributed by atoms with Crippen LogP contribution in [-0.4, -0.2) is 45.8 Å². The maximum atomic E-state index is 12.3. The van der Waals surface area contributed by atoms with Crippen LogP contribution in [0.15, 0.2) is 29.2 Å². The average molecular weight is 368 g/mol. The summed E-state index contributed by atoms with van der Waals surface area (Å²) in [5.41, 5.74) is 0.381. The van der Waals surface area contributed by atoms with Gasteiger partial charge in [-0.05, 0) is 31.2 Å². The van der Waals surface area contributed by atoms with E-state index < -0.39 is 15.8 Å². The molecule has 2 heterocycles. The van der Waals surface area contributed by atoms with Crippen LogP contribution in [0.4, 0.5) is 5.69 Å². The zero-order valence-corrected chi connectivity index (χ0v) is 14.7. The Kier molecular flexibility index (Phi) is 4.92. The van der Waals surface area contributed by atoms with Crippen LogP contribution in [0.5, 0.6) is 0 Å². The van der Waals surface area contributed by atoms with E-state index in [0.717, 1.165) is 4.90 Å². The molecular formula is C16H20N2O6S. The number of carbonyl (C=O) groups is 2. The van der Waals surface area contributed by atoms with Gasteiger partial charge in [0.05, 0.1) is 23.8 Å². The molecule has 1 N–H and O–H groups in total. The number of imide groups is 1. The number of hydrogen-bond donors (Lipinski definition) is 1. The highest BCUT2D eigenvalue weighted by atomic mass is 32.2. The molecule has 0 atom stereocenters. The Morgan fingerprint density at radius 1 is 1.08 bits per heavy atom. The van der Waals surface area contributed by atoms with Gasteiger partial charge in [-0.3, -0.25) is 14.5 Å². The lowest BCUT2D eigenvalue weighted by molar-refractivity contribution is -0.145. The minimum absolute atomic E-state index is 0.0637. The van der Waals surface area contributed by atoms with E-state index in [1.165, 1.54) is 24.3 Å². The van der Waals surface area contributed by atoms with Gasteiger partial charge in [0.15, 0.2) is 5.79 Å². The standard InChI is InChI=1S/C16H20N2O6S/c1-16(23-10-11-24-16)8-9-17-25(21,22)13-4-2-12(3-5-13)18-14(19)6-7-15(18)20/h2-5,17H,6-11H2,1H3. The van der Waals surface area contributed by atoms with Crippen LogP contribution in [0.3, 0.4) is 0 Å². The number of nitrogens with zero attached hydrogens (tertiary/aromatic N) is 1. The van der Waals surface area contributed by atoms with Crippen molar-refractivity contribution in [1.29, 1.82) is 0 Å². The minimum Gasteiger partial charge on any atom is -0.348 e. The van der Waals surface area contributed by atoms with Crippen molar-refractivity contribution in [2.75, 3.05) is 24.7 Å². The van der Waals surface area contributed by atoms with Gasteiger partial charge < -0.3 is 9.47 Å². The molecule has 0 aromatic heterocycles. The lowest BCUT2D eigenvalue weighted by Crippen LogP contribution is -2.33. The summed E-state index contributed by atoms with van der Waals surface area (Å²) in [5.74, 6) is -1.31. The Morgan fingerprint density at radius 3 is 2.20 bits per heavy atom. The third-order valence-electron chi connectivity index (χ3n) is 4.23. The Hall–Kier alpha value is -1.81. The van der Waals surface area contributed by atoms with Gasteiger partial charge >= 0.3 is 0 Å². The van der Waals surface area contributed by atoms with Crippen molar-refractivity contribution in [1.82, 2.24) is 4.72 Å². The topological polar surface area (TPSA) is 102 Å². The number of amides is 2. The van der Waals surface area contributed by atoms with Crippen LogP contribution in [0.1, 0.15) is 26.2 Å². The fourth-order valence-corrected chi connectivity index (χ4v) is 3.87. The van der Waals surface area contributed by atoms with Gasteiger partial charge in [-0.15, -0.1) is 0 Å². The Balaban J connectivity index is 1.64. The molecule has 2 aliphatic heterocycles. The van der Waals surface area contributed by atoms with Crippen molar-refractivity contribution in [2.45, 2.75) is 36.9 Å². The first-order chi connectivity index (χ1) is 11.8. The SMILES string of the molecule is CC1(CCNS(=O)(=O)c2ccc(N3C(=O)CCC3=O)cc2)OCCO1. The van der Waals surface area contributed by atoms with Crippen molar-refractivity contribution in [3.63, 3.8) is 0 Å². The first-order valence-corrected chi connectivity index (χ1v) is 9.52. The molecule has 25 heavy (non-hydrogen) atoms. The van der Waals surface area contributed by atoms with Crippen molar-refractivity contribution in [3.8, 4) is 0 Å². The summed E-state index contributed by atoms with van der Waals surface area (Å²) in [6.07, 6.45) is 0.758. The number of anilines is 1. The molecule has 9 heteroatoms. The summed E-state index contributed by atoms with van der Waals surface area (Å²) in [5, 5.41) is 0. The van der Waals surface area contributed by atoms with Gasteiger partial charge in [0.2, 0.25) is 21.8 Å². The highest BCUT2D eigenvalue weighted by Gasteiger charge is 2.32. The van der Waals surface area contributed by atoms with E-state index in [1.54, 1.807) is 6.92 Å². The molecular weight excluding hydrogens is 348 g/mol. The molecule has 0 saturated carbocycles. The fourth-order valence-electron chi connectivity index (χ4n) is 2.84. The van der Waals surface area contributed by atoms with E-state index in [-0.39, 0.29) is 36.1 Å². The number of nitrogens with one attached hydrogen (secondary N) is 1. The van der Waals surface area contributed by atoms with Gasteiger partial charge in [-0.25, -0.2) is 13.1 Å². The number of carbonyl (C=O) groups excluding carboxylic acids is 2. The van der Waals surface area contributed by atoms with Crippen molar-refractivity contribution in [2.24, 2.45) is 0 Å². The number of sulfonamides is 1. The first-order valence-electron chi connectivity index (χ1n) is 8.04. The van der Waals surface area contributed by atoms with E-state index >= 15 is 0 Å². The lowest BCUT2D eigenvalue weighted by Gasteiger charge is -2.22. The highest BCUT2D eigenvalue weighted by Crippen LogP contribution is 2.24. The van der Waals surface area contributed by atoms with Gasteiger partial charge in [0, 0.05) is 25.8 Å². The summed E-state index contributed by atoms with van der Waals surface area (Å²) >= 11 is 0. The maximum absolute atomic E-state index is 12.3. The van der Waals surface area contributed by atoms with E-state index in [9.17, 15) is 18.0 Å². The number of rotatable bonds is 6. The Morgan fingerprint density at radius 2 is 1.64 bits per heavy atom. The number of hydrogen-bond acceptors (Lipinski definition) is 6. The summed E-state index contributed by atoms with van der Waals surface area (Å²) in [6.45, 7) is 2.94. The predicted octanol–water partition coefficient (Wildman–Crippen LogP) is 0.771. The van der Waals surface area contributed by atoms with Gasteiger partial charge in [0.25, 0.3) is 0 Å². The third-order valence-corrected chi connectivity index (χ3v) is 5.70. The largest absolute Gasteiger partial charge is 0.348 e. The third kappa shape index (κ3) is 3.90. The first kappa shape index (κ1) is 18.0. The van der Waals surface area contributed by atoms with Crippen LogP contribution in [0.2, 0.25) is 0 Å². The lowest BCUT2D eigenvalue weighted by atomic mass is 10.2. The van der Waals surface area contributed by atoms with Crippen molar-refractivity contribution >= 4 is 27.5 Å². The Labute approximate surface area is 146 Å². The fraction of sp³-hybridized carbons (Fsp3) is 0.500. The quantitative estimate of drug-likeness (QED) is 0.744. The second-order valence-electron chi connectivity index (χ2n) is 6.10. The maximum Gasteiger partial charge on any atom is 0.240 e. The van der Waals surface area contributed by atoms with E-state index in [0.29, 0.717) is 25.3 Å². The molecule has 2 aliphatic rings. The summed E-state index contributed by atoms with van der Waals surface area (Å²) in [4.78, 5) is 24.6. The molecule has 0 aliphatic carbocycles. The molecule has 2 amide bonds. The molecule has 2 saturated heterocycles. The minimum atomic E-state index is -3.70. The summed E-state index contributed by atoms with van der Waals surface area (Å²) in [6, 6.07) is 5.67.